The van der Waals surface area contributed by atoms with Crippen molar-refractivity contribution in [2.75, 3.05) is 13.6 Å². The molecule has 0 aromatic carbocycles. The Bertz CT molecular complexity index is 426. The van der Waals surface area contributed by atoms with E-state index in [0.29, 0.717) is 5.69 Å². The first-order chi connectivity index (χ1) is 7.95. The molecule has 5 nitrogen and oxygen atoms in total. The molecule has 2 amide bonds. The smallest absolute Gasteiger partial charge is 0.268 e. The van der Waals surface area contributed by atoms with E-state index >= 15 is 0 Å². The van der Waals surface area contributed by atoms with Crippen molar-refractivity contribution in [1.82, 2.24) is 15.2 Å². The highest BCUT2D eigenvalue weighted by Crippen LogP contribution is 2.19. The van der Waals surface area contributed by atoms with E-state index < -0.39 is 0 Å². The quantitative estimate of drug-likeness (QED) is 0.881. The maximum Gasteiger partial charge on any atom is 0.268 e. The first-order valence-electron chi connectivity index (χ1n) is 5.32. The summed E-state index contributed by atoms with van der Waals surface area (Å²) in [7, 11) is 1.53. The Hall–Kier alpha value is -1.30. The molecule has 0 saturated heterocycles. The molecule has 2 N–H and O–H groups in total. The number of rotatable bonds is 4. The van der Waals surface area contributed by atoms with Gasteiger partial charge >= 0.3 is 0 Å². The summed E-state index contributed by atoms with van der Waals surface area (Å²) >= 11 is 3.33. The first kappa shape index (κ1) is 13.8. The number of halogens is 1. The summed E-state index contributed by atoms with van der Waals surface area (Å²) in [6, 6.07) is 1.92. The van der Waals surface area contributed by atoms with Crippen molar-refractivity contribution < 1.29 is 9.59 Å². The second-order valence-corrected chi connectivity index (χ2v) is 4.82. The summed E-state index contributed by atoms with van der Waals surface area (Å²) in [6.45, 7) is 3.96. The Labute approximate surface area is 109 Å². The van der Waals surface area contributed by atoms with Gasteiger partial charge in [0.05, 0.1) is 6.54 Å². The zero-order valence-electron chi connectivity index (χ0n) is 10.1. The highest BCUT2D eigenvalue weighted by Gasteiger charge is 2.15. The van der Waals surface area contributed by atoms with Crippen LogP contribution in [0, 0.1) is 0 Å². The fourth-order valence-corrected chi connectivity index (χ4v) is 1.83. The van der Waals surface area contributed by atoms with E-state index in [9.17, 15) is 9.59 Å². The molecular formula is C11H16BrN3O2. The van der Waals surface area contributed by atoms with Gasteiger partial charge in [0.25, 0.3) is 5.91 Å². The Morgan fingerprint density at radius 2 is 2.12 bits per heavy atom. The standard InChI is InChI=1S/C11H16BrN3O2/c1-7(2)15-6-8(12)4-9(15)11(17)14-5-10(16)13-3/h4,6-7H,5H2,1-3H3,(H,13,16)(H,14,17). The lowest BCUT2D eigenvalue weighted by molar-refractivity contribution is -0.119. The molecule has 0 fully saturated rings. The van der Waals surface area contributed by atoms with Gasteiger partial charge < -0.3 is 15.2 Å². The minimum Gasteiger partial charge on any atom is -0.358 e. The van der Waals surface area contributed by atoms with Crippen LogP contribution in [0.5, 0.6) is 0 Å². The molecule has 1 rings (SSSR count). The van der Waals surface area contributed by atoms with Gasteiger partial charge in [0.15, 0.2) is 0 Å². The number of hydrogen-bond acceptors (Lipinski definition) is 2. The van der Waals surface area contributed by atoms with Gasteiger partial charge in [-0.25, -0.2) is 0 Å². The molecule has 94 valence electrons. The number of hydrogen-bond donors (Lipinski definition) is 2. The summed E-state index contributed by atoms with van der Waals surface area (Å²) in [5.41, 5.74) is 0.538. The molecule has 6 heteroatoms. The number of carbonyl (C=O) groups is 2. The van der Waals surface area contributed by atoms with E-state index in [0.717, 1.165) is 4.47 Å². The number of nitrogens with one attached hydrogen (secondary N) is 2. The molecular weight excluding hydrogens is 286 g/mol. The summed E-state index contributed by atoms with van der Waals surface area (Å²) < 4.78 is 2.69. The molecule has 0 atom stereocenters. The fraction of sp³-hybridized carbons (Fsp3) is 0.455. The highest BCUT2D eigenvalue weighted by molar-refractivity contribution is 9.10. The molecule has 0 saturated carbocycles. The van der Waals surface area contributed by atoms with Gasteiger partial charge in [-0.1, -0.05) is 0 Å². The second-order valence-electron chi connectivity index (χ2n) is 3.90. The average Bonchev–Trinajstić information content (AvgIpc) is 2.67. The van der Waals surface area contributed by atoms with Crippen LogP contribution >= 0.6 is 15.9 Å². The SMILES string of the molecule is CNC(=O)CNC(=O)c1cc(Br)cn1C(C)C. The maximum absolute atomic E-state index is 11.9. The predicted molar refractivity (Wildman–Crippen MR) is 68.9 cm³/mol. The summed E-state index contributed by atoms with van der Waals surface area (Å²) in [5.74, 6) is -0.479. The second kappa shape index (κ2) is 5.86. The largest absolute Gasteiger partial charge is 0.358 e. The monoisotopic (exact) mass is 301 g/mol. The van der Waals surface area contributed by atoms with E-state index in [2.05, 4.69) is 26.6 Å². The topological polar surface area (TPSA) is 63.1 Å². The van der Waals surface area contributed by atoms with Crippen LogP contribution in [0.2, 0.25) is 0 Å². The summed E-state index contributed by atoms with van der Waals surface area (Å²) in [6.07, 6.45) is 1.85. The minimum absolute atomic E-state index is 0.0176. The van der Waals surface area contributed by atoms with E-state index in [-0.39, 0.29) is 24.4 Å². The van der Waals surface area contributed by atoms with Crippen LogP contribution in [0.1, 0.15) is 30.4 Å². The molecule has 0 radical (unpaired) electrons. The van der Waals surface area contributed by atoms with Gasteiger partial charge in [0, 0.05) is 23.8 Å². The molecule has 0 aliphatic heterocycles. The molecule has 1 aromatic rings. The molecule has 0 aliphatic rings. The van der Waals surface area contributed by atoms with Crippen LogP contribution in [0.15, 0.2) is 16.7 Å². The number of nitrogens with zero attached hydrogens (tertiary/aromatic N) is 1. The van der Waals surface area contributed by atoms with Gasteiger partial charge in [0.1, 0.15) is 5.69 Å². The molecule has 0 spiro atoms. The molecule has 1 heterocycles. The zero-order chi connectivity index (χ0) is 13.0. The third kappa shape index (κ3) is 3.59. The van der Waals surface area contributed by atoms with Crippen molar-refractivity contribution in [3.63, 3.8) is 0 Å². The maximum atomic E-state index is 11.9. The minimum atomic E-state index is -0.256. The van der Waals surface area contributed by atoms with E-state index in [1.54, 1.807) is 6.07 Å². The Kier molecular flexibility index (Phi) is 4.74. The summed E-state index contributed by atoms with van der Waals surface area (Å²) in [4.78, 5) is 22.9. The van der Waals surface area contributed by atoms with Crippen molar-refractivity contribution in [1.29, 1.82) is 0 Å². The molecule has 17 heavy (non-hydrogen) atoms. The van der Waals surface area contributed by atoms with Crippen LogP contribution in [-0.2, 0) is 4.79 Å². The molecule has 0 bridgehead atoms. The lowest BCUT2D eigenvalue weighted by Gasteiger charge is -2.12. The number of aromatic nitrogens is 1. The zero-order valence-corrected chi connectivity index (χ0v) is 11.7. The van der Waals surface area contributed by atoms with Crippen molar-refractivity contribution in [3.8, 4) is 0 Å². The average molecular weight is 302 g/mol. The fourth-order valence-electron chi connectivity index (χ4n) is 1.39. The van der Waals surface area contributed by atoms with Crippen LogP contribution in [-0.4, -0.2) is 30.0 Å². The summed E-state index contributed by atoms with van der Waals surface area (Å²) in [5, 5.41) is 5.01. The van der Waals surface area contributed by atoms with Gasteiger partial charge in [-0.3, -0.25) is 9.59 Å². The number of amides is 2. The van der Waals surface area contributed by atoms with E-state index in [1.165, 1.54) is 7.05 Å². The van der Waals surface area contributed by atoms with Gasteiger partial charge in [-0.15, -0.1) is 0 Å². The Morgan fingerprint density at radius 1 is 1.47 bits per heavy atom. The third-order valence-corrected chi connectivity index (χ3v) is 2.73. The van der Waals surface area contributed by atoms with Crippen molar-refractivity contribution in [2.24, 2.45) is 0 Å². The number of carbonyl (C=O) groups excluding carboxylic acids is 2. The molecule has 0 aliphatic carbocycles. The first-order valence-corrected chi connectivity index (χ1v) is 6.11. The van der Waals surface area contributed by atoms with Crippen LogP contribution in [0.4, 0.5) is 0 Å². The van der Waals surface area contributed by atoms with Crippen molar-refractivity contribution in [3.05, 3.63) is 22.4 Å². The van der Waals surface area contributed by atoms with Crippen LogP contribution in [0.3, 0.4) is 0 Å². The van der Waals surface area contributed by atoms with Crippen LogP contribution < -0.4 is 10.6 Å². The lowest BCUT2D eigenvalue weighted by Crippen LogP contribution is -2.36. The molecule has 1 aromatic heterocycles. The van der Waals surface area contributed by atoms with E-state index in [1.807, 2.05) is 24.6 Å². The van der Waals surface area contributed by atoms with Gasteiger partial charge in [-0.2, -0.15) is 0 Å². The molecule has 0 unspecified atom stereocenters. The Balaban J connectivity index is 2.78. The normalized spacial score (nSPS) is 10.4. The highest BCUT2D eigenvalue weighted by atomic mass is 79.9. The lowest BCUT2D eigenvalue weighted by atomic mass is 10.3. The Morgan fingerprint density at radius 3 is 2.65 bits per heavy atom. The third-order valence-electron chi connectivity index (χ3n) is 2.29. The van der Waals surface area contributed by atoms with E-state index in [4.69, 9.17) is 0 Å². The van der Waals surface area contributed by atoms with Crippen molar-refractivity contribution in [2.45, 2.75) is 19.9 Å². The number of likely N-dealkylation sites (N-methyl/N-ethyl adjacent to an activating group) is 1. The van der Waals surface area contributed by atoms with Crippen molar-refractivity contribution >= 4 is 27.7 Å². The van der Waals surface area contributed by atoms with Crippen LogP contribution in [0.25, 0.3) is 0 Å². The van der Waals surface area contributed by atoms with Gasteiger partial charge in [-0.05, 0) is 35.8 Å². The predicted octanol–water partition coefficient (Wildman–Crippen LogP) is 1.31. The van der Waals surface area contributed by atoms with Gasteiger partial charge in [0.2, 0.25) is 5.91 Å².